The van der Waals surface area contributed by atoms with E-state index in [1.54, 1.807) is 7.05 Å². The standard InChI is InChI=1S/C14H15N3O3/c1-9-4-5-10(2)12(6-9)20-14-8-11(17(18)19)7-13(15-3)16-14/h4-8H,1-3H3,(H,15,16). The Hall–Kier alpha value is -2.63. The molecule has 0 bridgehead atoms. The van der Waals surface area contributed by atoms with Crippen molar-refractivity contribution in [3.05, 3.63) is 51.6 Å². The van der Waals surface area contributed by atoms with E-state index in [1.165, 1.54) is 12.1 Å². The molecule has 1 aromatic heterocycles. The first kappa shape index (κ1) is 13.8. The average molecular weight is 273 g/mol. The molecule has 0 amide bonds. The minimum absolute atomic E-state index is 0.0651. The van der Waals surface area contributed by atoms with E-state index in [2.05, 4.69) is 10.3 Å². The summed E-state index contributed by atoms with van der Waals surface area (Å²) in [4.78, 5) is 14.6. The number of nitrogens with one attached hydrogen (secondary N) is 1. The highest BCUT2D eigenvalue weighted by molar-refractivity contribution is 5.49. The maximum atomic E-state index is 10.9. The summed E-state index contributed by atoms with van der Waals surface area (Å²) >= 11 is 0. The highest BCUT2D eigenvalue weighted by atomic mass is 16.6. The fourth-order valence-corrected chi connectivity index (χ4v) is 1.71. The summed E-state index contributed by atoms with van der Waals surface area (Å²) in [7, 11) is 1.65. The van der Waals surface area contributed by atoms with Crippen LogP contribution in [0.25, 0.3) is 0 Å². The Bertz CT molecular complexity index is 656. The monoisotopic (exact) mass is 273 g/mol. The second kappa shape index (κ2) is 5.56. The second-order valence-corrected chi connectivity index (χ2v) is 4.43. The Morgan fingerprint density at radius 3 is 2.65 bits per heavy atom. The molecule has 0 aliphatic carbocycles. The first-order valence-corrected chi connectivity index (χ1v) is 6.09. The van der Waals surface area contributed by atoms with E-state index in [-0.39, 0.29) is 11.6 Å². The summed E-state index contributed by atoms with van der Waals surface area (Å²) in [6.45, 7) is 3.86. The third kappa shape index (κ3) is 3.03. The van der Waals surface area contributed by atoms with E-state index < -0.39 is 4.92 Å². The van der Waals surface area contributed by atoms with Gasteiger partial charge in [0, 0.05) is 7.05 Å². The SMILES string of the molecule is CNc1cc([N+](=O)[O-])cc(Oc2cc(C)ccc2C)n1. The van der Waals surface area contributed by atoms with Gasteiger partial charge in [0.25, 0.3) is 5.69 Å². The van der Waals surface area contributed by atoms with Gasteiger partial charge in [-0.1, -0.05) is 12.1 Å². The molecule has 104 valence electrons. The van der Waals surface area contributed by atoms with Gasteiger partial charge in [0.1, 0.15) is 11.6 Å². The van der Waals surface area contributed by atoms with Crippen LogP contribution in [-0.4, -0.2) is 17.0 Å². The molecule has 0 aliphatic heterocycles. The molecular formula is C14H15N3O3. The van der Waals surface area contributed by atoms with Crippen molar-refractivity contribution in [1.82, 2.24) is 4.98 Å². The fraction of sp³-hybridized carbons (Fsp3) is 0.214. The summed E-state index contributed by atoms with van der Waals surface area (Å²) in [5, 5.41) is 13.7. The number of rotatable bonds is 4. The van der Waals surface area contributed by atoms with E-state index in [1.807, 2.05) is 32.0 Å². The van der Waals surface area contributed by atoms with Crippen molar-refractivity contribution >= 4 is 11.5 Å². The normalized spacial score (nSPS) is 10.2. The Labute approximate surface area is 116 Å². The average Bonchev–Trinajstić information content (AvgIpc) is 2.42. The first-order chi connectivity index (χ1) is 9.49. The van der Waals surface area contributed by atoms with Crippen LogP contribution >= 0.6 is 0 Å². The molecular weight excluding hydrogens is 258 g/mol. The van der Waals surface area contributed by atoms with Crippen LogP contribution in [0.5, 0.6) is 11.6 Å². The zero-order valence-electron chi connectivity index (χ0n) is 11.5. The van der Waals surface area contributed by atoms with Crippen LogP contribution in [-0.2, 0) is 0 Å². The molecule has 0 atom stereocenters. The van der Waals surface area contributed by atoms with Gasteiger partial charge in [-0.05, 0) is 31.0 Å². The molecule has 20 heavy (non-hydrogen) atoms. The van der Waals surface area contributed by atoms with Crippen LogP contribution in [0, 0.1) is 24.0 Å². The molecule has 0 saturated carbocycles. The number of nitrogens with zero attached hydrogens (tertiary/aromatic N) is 2. The lowest BCUT2D eigenvalue weighted by molar-refractivity contribution is -0.384. The lowest BCUT2D eigenvalue weighted by Gasteiger charge is -2.09. The van der Waals surface area contributed by atoms with Crippen LogP contribution < -0.4 is 10.1 Å². The van der Waals surface area contributed by atoms with Crippen LogP contribution in [0.15, 0.2) is 30.3 Å². The number of ether oxygens (including phenoxy) is 1. The largest absolute Gasteiger partial charge is 0.438 e. The molecule has 2 aromatic rings. The van der Waals surface area contributed by atoms with E-state index >= 15 is 0 Å². The highest BCUT2D eigenvalue weighted by Gasteiger charge is 2.13. The molecule has 1 heterocycles. The van der Waals surface area contributed by atoms with Gasteiger partial charge in [-0.25, -0.2) is 0 Å². The molecule has 0 saturated heterocycles. The molecule has 6 nitrogen and oxygen atoms in total. The second-order valence-electron chi connectivity index (χ2n) is 4.43. The van der Waals surface area contributed by atoms with Gasteiger partial charge in [-0.15, -0.1) is 0 Å². The minimum atomic E-state index is -0.474. The van der Waals surface area contributed by atoms with Crippen molar-refractivity contribution in [2.45, 2.75) is 13.8 Å². The predicted octanol–water partition coefficient (Wildman–Crippen LogP) is 3.44. The number of aromatic nitrogens is 1. The number of hydrogen-bond donors (Lipinski definition) is 1. The maximum absolute atomic E-state index is 10.9. The molecule has 0 aliphatic rings. The van der Waals surface area contributed by atoms with Gasteiger partial charge in [0.2, 0.25) is 5.88 Å². The number of pyridine rings is 1. The summed E-state index contributed by atoms with van der Waals surface area (Å²) in [5.74, 6) is 1.22. The molecule has 0 fully saturated rings. The molecule has 0 radical (unpaired) electrons. The third-order valence-electron chi connectivity index (χ3n) is 2.81. The Kier molecular flexibility index (Phi) is 3.84. The topological polar surface area (TPSA) is 77.3 Å². The number of benzene rings is 1. The van der Waals surface area contributed by atoms with Crippen molar-refractivity contribution in [2.24, 2.45) is 0 Å². The molecule has 1 N–H and O–H groups in total. The molecule has 2 rings (SSSR count). The van der Waals surface area contributed by atoms with Gasteiger partial charge < -0.3 is 10.1 Å². The number of nitro groups is 1. The van der Waals surface area contributed by atoms with E-state index in [0.29, 0.717) is 11.6 Å². The minimum Gasteiger partial charge on any atom is -0.438 e. The zero-order chi connectivity index (χ0) is 14.7. The molecule has 6 heteroatoms. The lowest BCUT2D eigenvalue weighted by Crippen LogP contribution is -1.98. The molecule has 0 unspecified atom stereocenters. The van der Waals surface area contributed by atoms with Gasteiger partial charge in [-0.2, -0.15) is 4.98 Å². The quantitative estimate of drug-likeness (QED) is 0.682. The number of aryl methyl sites for hydroxylation is 2. The first-order valence-electron chi connectivity index (χ1n) is 6.09. The molecule has 1 aromatic carbocycles. The molecule has 0 spiro atoms. The van der Waals surface area contributed by atoms with Crippen molar-refractivity contribution < 1.29 is 9.66 Å². The van der Waals surface area contributed by atoms with E-state index in [0.717, 1.165) is 11.1 Å². The Morgan fingerprint density at radius 1 is 1.25 bits per heavy atom. The number of anilines is 1. The third-order valence-corrected chi connectivity index (χ3v) is 2.81. The van der Waals surface area contributed by atoms with Crippen molar-refractivity contribution in [3.63, 3.8) is 0 Å². The van der Waals surface area contributed by atoms with Gasteiger partial charge in [-0.3, -0.25) is 10.1 Å². The van der Waals surface area contributed by atoms with Gasteiger partial charge in [0.05, 0.1) is 17.1 Å². The van der Waals surface area contributed by atoms with Crippen LogP contribution in [0.2, 0.25) is 0 Å². The van der Waals surface area contributed by atoms with Crippen LogP contribution in [0.4, 0.5) is 11.5 Å². The fourth-order valence-electron chi connectivity index (χ4n) is 1.71. The Balaban J connectivity index is 2.39. The summed E-state index contributed by atoms with van der Waals surface area (Å²) < 4.78 is 5.67. The summed E-state index contributed by atoms with van der Waals surface area (Å²) in [6.07, 6.45) is 0. The van der Waals surface area contributed by atoms with Crippen LogP contribution in [0.3, 0.4) is 0 Å². The lowest BCUT2D eigenvalue weighted by atomic mass is 10.1. The predicted molar refractivity (Wildman–Crippen MR) is 76.4 cm³/mol. The Morgan fingerprint density at radius 2 is 2.00 bits per heavy atom. The van der Waals surface area contributed by atoms with E-state index in [4.69, 9.17) is 4.74 Å². The summed E-state index contributed by atoms with van der Waals surface area (Å²) in [5.41, 5.74) is 1.92. The summed E-state index contributed by atoms with van der Waals surface area (Å²) in [6, 6.07) is 8.44. The smallest absolute Gasteiger partial charge is 0.278 e. The van der Waals surface area contributed by atoms with E-state index in [9.17, 15) is 10.1 Å². The van der Waals surface area contributed by atoms with Crippen molar-refractivity contribution in [3.8, 4) is 11.6 Å². The van der Waals surface area contributed by atoms with Crippen molar-refractivity contribution in [2.75, 3.05) is 12.4 Å². The maximum Gasteiger partial charge on any atom is 0.278 e. The zero-order valence-corrected chi connectivity index (χ0v) is 11.5. The van der Waals surface area contributed by atoms with Gasteiger partial charge in [0.15, 0.2) is 0 Å². The number of hydrogen-bond acceptors (Lipinski definition) is 5. The highest BCUT2D eigenvalue weighted by Crippen LogP contribution is 2.28. The van der Waals surface area contributed by atoms with Gasteiger partial charge >= 0.3 is 0 Å². The van der Waals surface area contributed by atoms with Crippen molar-refractivity contribution in [1.29, 1.82) is 0 Å². The van der Waals surface area contributed by atoms with Crippen LogP contribution in [0.1, 0.15) is 11.1 Å².